The lowest BCUT2D eigenvalue weighted by molar-refractivity contribution is -0.113. The number of pyridine rings is 1. The molecule has 0 aliphatic carbocycles. The fraction of sp³-hybridized carbons (Fsp3) is 0.176. The van der Waals surface area contributed by atoms with Gasteiger partial charge in [0, 0.05) is 11.3 Å². The van der Waals surface area contributed by atoms with E-state index in [1.165, 1.54) is 4.68 Å². The molecule has 0 radical (unpaired) electrons. The van der Waals surface area contributed by atoms with Crippen LogP contribution in [0.5, 0.6) is 6.01 Å². The number of nitrogens with zero attached hydrogens (tertiary/aromatic N) is 7. The highest BCUT2D eigenvalue weighted by Gasteiger charge is 2.18. The molecule has 1 amide bonds. The third kappa shape index (κ3) is 3.91. The van der Waals surface area contributed by atoms with Crippen LogP contribution in [0.2, 0.25) is 0 Å². The largest absolute Gasteiger partial charge is 0.469 e. The number of nitrogens with one attached hydrogen (secondary N) is 1. The third-order valence-corrected chi connectivity index (χ3v) is 4.32. The van der Waals surface area contributed by atoms with Crippen LogP contribution < -0.4 is 10.1 Å². The van der Waals surface area contributed by atoms with Crippen LogP contribution in [0.3, 0.4) is 0 Å². The summed E-state index contributed by atoms with van der Waals surface area (Å²) in [5.41, 5.74) is 2.10. The number of benzene rings is 1. The van der Waals surface area contributed by atoms with Crippen LogP contribution in [-0.4, -0.2) is 46.4 Å². The molecule has 0 atom stereocenters. The number of para-hydroxylation sites is 2. The molecule has 146 valence electrons. The summed E-state index contributed by atoms with van der Waals surface area (Å²) in [4.78, 5) is 20.4. The van der Waals surface area contributed by atoms with Crippen molar-refractivity contribution in [3.05, 3.63) is 48.2 Å². The number of aryl methyl sites for hydroxylation is 1. The van der Waals surface area contributed by atoms with Gasteiger partial charge in [-0.05, 0) is 34.7 Å². The van der Waals surface area contributed by atoms with Gasteiger partial charge in [-0.25, -0.2) is 14.2 Å². The fourth-order valence-electron chi connectivity index (χ4n) is 2.71. The molecule has 0 unspecified atom stereocenters. The number of ether oxygens (including phenoxy) is 1. The van der Waals surface area contributed by atoms with E-state index in [0.29, 0.717) is 23.5 Å². The normalized spacial score (nSPS) is 10.8. The van der Waals surface area contributed by atoms with E-state index in [-0.39, 0.29) is 24.0 Å². The minimum absolute atomic E-state index is 0.106. The van der Waals surface area contributed by atoms with E-state index in [1.807, 2.05) is 24.3 Å². The van der Waals surface area contributed by atoms with E-state index in [2.05, 4.69) is 30.8 Å². The van der Waals surface area contributed by atoms with Crippen LogP contribution in [-0.2, 0) is 34.3 Å². The zero-order valence-corrected chi connectivity index (χ0v) is 16.0. The number of carbonyl (C=O) groups is 1. The summed E-state index contributed by atoms with van der Waals surface area (Å²) < 4.78 is 19.6. The van der Waals surface area contributed by atoms with Crippen molar-refractivity contribution < 1.29 is 13.7 Å². The van der Waals surface area contributed by atoms with Gasteiger partial charge in [0.2, 0.25) is 0 Å². The lowest BCUT2D eigenvalue weighted by atomic mass is 10.3. The molecule has 12 heteroatoms. The van der Waals surface area contributed by atoms with E-state index >= 15 is 0 Å². The Bertz CT molecular complexity index is 1190. The number of aromatic nitrogens is 7. The molecule has 0 saturated carbocycles. The smallest absolute Gasteiger partial charge is 0.458 e. The highest BCUT2D eigenvalue weighted by molar-refractivity contribution is 7.66. The van der Waals surface area contributed by atoms with E-state index < -0.39 is 5.91 Å². The summed E-state index contributed by atoms with van der Waals surface area (Å²) in [5.74, 6) is 0.208. The van der Waals surface area contributed by atoms with Gasteiger partial charge in [0.25, 0.3) is 11.9 Å². The van der Waals surface area contributed by atoms with Crippen LogP contribution in [0, 0.1) is 0 Å². The van der Waals surface area contributed by atoms with Crippen molar-refractivity contribution in [1.82, 2.24) is 34.7 Å². The summed E-state index contributed by atoms with van der Waals surface area (Å²) in [6.07, 6.45) is 0. The number of tetrazole rings is 1. The van der Waals surface area contributed by atoms with Gasteiger partial charge in [0.05, 0.1) is 16.7 Å². The first-order valence-electron chi connectivity index (χ1n) is 8.49. The lowest BCUT2D eigenvalue weighted by Gasteiger charge is -2.09. The average Bonchev–Trinajstić information content (AvgIpc) is 3.29. The summed E-state index contributed by atoms with van der Waals surface area (Å²) in [6, 6.07) is 13.0. The minimum atomic E-state index is -0.410. The highest BCUT2D eigenvalue weighted by atomic mass is 32.1. The van der Waals surface area contributed by atoms with Gasteiger partial charge >= 0.3 is 23.4 Å². The summed E-state index contributed by atoms with van der Waals surface area (Å²) in [7, 11) is 1.72. The SMILES string of the molecule is Cn1nnnc1-n1c(OCc2cccc(NC(=O)C[S+]=O)n2)nc2ccccc21. The number of anilines is 1. The monoisotopic (exact) mass is 411 g/mol. The zero-order valence-electron chi connectivity index (χ0n) is 15.2. The van der Waals surface area contributed by atoms with Crippen molar-refractivity contribution in [3.63, 3.8) is 0 Å². The highest BCUT2D eigenvalue weighted by Crippen LogP contribution is 2.25. The number of carbonyl (C=O) groups excluding carboxylic acids is 1. The van der Waals surface area contributed by atoms with Gasteiger partial charge in [0.15, 0.2) is 0 Å². The molecule has 0 bridgehead atoms. The second kappa shape index (κ2) is 8.06. The quantitative estimate of drug-likeness (QED) is 0.444. The van der Waals surface area contributed by atoms with Gasteiger partial charge in [0.1, 0.15) is 12.4 Å². The number of imidazole rings is 1. The Morgan fingerprint density at radius 3 is 2.83 bits per heavy atom. The van der Waals surface area contributed by atoms with Gasteiger partial charge in [-0.3, -0.25) is 4.79 Å². The van der Waals surface area contributed by atoms with Crippen molar-refractivity contribution in [3.8, 4) is 12.0 Å². The molecule has 0 spiro atoms. The molecule has 11 nitrogen and oxygen atoms in total. The van der Waals surface area contributed by atoms with Crippen molar-refractivity contribution >= 4 is 34.4 Å². The second-order valence-electron chi connectivity index (χ2n) is 5.93. The topological polar surface area (TPSA) is 130 Å². The van der Waals surface area contributed by atoms with E-state index in [4.69, 9.17) is 4.74 Å². The molecule has 0 saturated heterocycles. The molecule has 1 aromatic carbocycles. The maximum Gasteiger partial charge on any atom is 0.469 e. The summed E-state index contributed by atoms with van der Waals surface area (Å²) >= 11 is 0.200. The Hall–Kier alpha value is -3.80. The van der Waals surface area contributed by atoms with E-state index in [0.717, 1.165) is 11.0 Å². The van der Waals surface area contributed by atoms with Crippen LogP contribution in [0.4, 0.5) is 5.82 Å². The predicted molar refractivity (Wildman–Crippen MR) is 104 cm³/mol. The molecule has 0 fully saturated rings. The molecule has 0 aliphatic rings. The Kier molecular flexibility index (Phi) is 5.16. The first-order chi connectivity index (χ1) is 14.2. The van der Waals surface area contributed by atoms with Crippen molar-refractivity contribution in [2.75, 3.05) is 11.1 Å². The zero-order chi connectivity index (χ0) is 20.2. The predicted octanol–water partition coefficient (Wildman–Crippen LogP) is 0.890. The maximum atomic E-state index is 11.6. The van der Waals surface area contributed by atoms with E-state index in [1.54, 1.807) is 29.8 Å². The number of rotatable bonds is 7. The molecular formula is C17H15N8O3S+. The number of fused-ring (bicyclic) bond motifs is 1. The Balaban J connectivity index is 1.60. The van der Waals surface area contributed by atoms with Crippen LogP contribution >= 0.6 is 0 Å². The molecule has 1 N–H and O–H groups in total. The van der Waals surface area contributed by atoms with E-state index in [9.17, 15) is 9.00 Å². The lowest BCUT2D eigenvalue weighted by Crippen LogP contribution is -2.16. The fourth-order valence-corrected chi connectivity index (χ4v) is 2.89. The van der Waals surface area contributed by atoms with Gasteiger partial charge < -0.3 is 10.1 Å². The Labute approximate surface area is 168 Å². The Morgan fingerprint density at radius 1 is 1.17 bits per heavy atom. The number of amides is 1. The van der Waals surface area contributed by atoms with Gasteiger partial charge in [-0.2, -0.15) is 4.98 Å². The molecule has 3 heterocycles. The van der Waals surface area contributed by atoms with Gasteiger partial charge in [-0.1, -0.05) is 23.3 Å². The standard InChI is InChI=1S/C17H14N8O3S/c1-24-16(21-22-23-24)25-13-7-3-2-6-12(13)19-17(25)28-9-11-5-4-8-14(18-11)20-15(26)10-29-27/h2-8H,9-10H2,1H3/p+1. The summed E-state index contributed by atoms with van der Waals surface area (Å²) in [6.45, 7) is 0.106. The van der Waals surface area contributed by atoms with Crippen molar-refractivity contribution in [2.45, 2.75) is 6.61 Å². The first-order valence-corrected chi connectivity index (χ1v) is 9.40. The Morgan fingerprint density at radius 2 is 2.03 bits per heavy atom. The second-order valence-corrected chi connectivity index (χ2v) is 6.46. The molecular weight excluding hydrogens is 396 g/mol. The van der Waals surface area contributed by atoms with Crippen molar-refractivity contribution in [2.24, 2.45) is 7.05 Å². The van der Waals surface area contributed by atoms with Crippen LogP contribution in [0.25, 0.3) is 17.0 Å². The van der Waals surface area contributed by atoms with Crippen molar-refractivity contribution in [1.29, 1.82) is 0 Å². The minimum Gasteiger partial charge on any atom is -0.458 e. The number of hydrogen-bond acceptors (Lipinski definition) is 8. The van der Waals surface area contributed by atoms with Gasteiger partial charge in [-0.15, -0.1) is 0 Å². The first kappa shape index (κ1) is 18.6. The average molecular weight is 411 g/mol. The molecule has 3 aromatic heterocycles. The molecule has 4 rings (SSSR count). The maximum absolute atomic E-state index is 11.6. The number of hydrogen-bond donors (Lipinski definition) is 1. The molecule has 4 aromatic rings. The van der Waals surface area contributed by atoms with Crippen LogP contribution in [0.1, 0.15) is 5.69 Å². The molecule has 29 heavy (non-hydrogen) atoms. The third-order valence-electron chi connectivity index (χ3n) is 3.94. The molecule has 0 aliphatic heterocycles. The van der Waals surface area contributed by atoms with Crippen LogP contribution in [0.15, 0.2) is 42.5 Å². The summed E-state index contributed by atoms with van der Waals surface area (Å²) in [5, 5.41) is 14.2.